The third-order valence-corrected chi connectivity index (χ3v) is 5.48. The van der Waals surface area contributed by atoms with E-state index in [1.54, 1.807) is 17.4 Å². The molecule has 1 aliphatic heterocycles. The predicted molar refractivity (Wildman–Crippen MR) is 92.9 cm³/mol. The van der Waals surface area contributed by atoms with Gasteiger partial charge in [0.2, 0.25) is 5.91 Å². The number of likely N-dealkylation sites (tertiary alicyclic amines) is 1. The molecule has 1 aromatic heterocycles. The summed E-state index contributed by atoms with van der Waals surface area (Å²) >= 11 is 1.57. The van der Waals surface area contributed by atoms with Crippen LogP contribution in [0.1, 0.15) is 35.3 Å². The molecule has 6 heteroatoms. The van der Waals surface area contributed by atoms with Crippen LogP contribution in [0.4, 0.5) is 0 Å². The first kappa shape index (κ1) is 15.3. The van der Waals surface area contributed by atoms with Crippen LogP contribution in [-0.4, -0.2) is 40.3 Å². The van der Waals surface area contributed by atoms with Crippen molar-refractivity contribution in [2.75, 3.05) is 6.54 Å². The van der Waals surface area contributed by atoms with Crippen LogP contribution >= 0.6 is 11.3 Å². The Morgan fingerprint density at radius 1 is 1.38 bits per heavy atom. The molecule has 2 aromatic rings. The standard InChI is InChI=1S/C18H19N3O2S/c1-11-10-24-18(19-11)13-4-2-3-12(7-13)17(23)20-14-8-16(22)21(9-14)15-5-6-15/h2-4,7,10,14-15H,5-6,8-9H2,1H3,(H,20,23). The van der Waals surface area contributed by atoms with Crippen LogP contribution in [0.2, 0.25) is 0 Å². The lowest BCUT2D eigenvalue weighted by Gasteiger charge is -2.16. The number of hydrogen-bond donors (Lipinski definition) is 1. The maximum absolute atomic E-state index is 12.5. The SMILES string of the molecule is Cc1csc(-c2cccc(C(=O)NC3CC(=O)N(C4CC4)C3)c2)n1. The molecule has 0 spiro atoms. The molecule has 2 aliphatic rings. The summed E-state index contributed by atoms with van der Waals surface area (Å²) in [7, 11) is 0. The molecule has 0 bridgehead atoms. The lowest BCUT2D eigenvalue weighted by molar-refractivity contribution is -0.128. The third kappa shape index (κ3) is 3.06. The topological polar surface area (TPSA) is 62.3 Å². The molecule has 2 amide bonds. The minimum absolute atomic E-state index is 0.0867. The summed E-state index contributed by atoms with van der Waals surface area (Å²) in [6.45, 7) is 2.60. The Morgan fingerprint density at radius 3 is 2.92 bits per heavy atom. The molecule has 24 heavy (non-hydrogen) atoms. The predicted octanol–water partition coefficient (Wildman–Crippen LogP) is 2.61. The molecular weight excluding hydrogens is 322 g/mol. The van der Waals surface area contributed by atoms with Gasteiger partial charge in [0.1, 0.15) is 5.01 Å². The summed E-state index contributed by atoms with van der Waals surface area (Å²) < 4.78 is 0. The van der Waals surface area contributed by atoms with Crippen molar-refractivity contribution in [2.45, 2.75) is 38.3 Å². The van der Waals surface area contributed by atoms with Crippen molar-refractivity contribution in [2.24, 2.45) is 0 Å². The zero-order chi connectivity index (χ0) is 16.7. The van der Waals surface area contributed by atoms with Crippen LogP contribution in [0.3, 0.4) is 0 Å². The highest BCUT2D eigenvalue weighted by Crippen LogP contribution is 2.30. The van der Waals surface area contributed by atoms with Crippen LogP contribution in [-0.2, 0) is 4.79 Å². The Bertz CT molecular complexity index is 797. The van der Waals surface area contributed by atoms with Gasteiger partial charge in [-0.15, -0.1) is 11.3 Å². The number of nitrogens with one attached hydrogen (secondary N) is 1. The summed E-state index contributed by atoms with van der Waals surface area (Å²) in [5, 5.41) is 5.92. The molecule has 1 atom stereocenters. The average Bonchev–Trinajstić information content (AvgIpc) is 3.22. The van der Waals surface area contributed by atoms with Crippen molar-refractivity contribution in [3.05, 3.63) is 40.9 Å². The molecule has 1 aromatic carbocycles. The molecule has 1 saturated carbocycles. The summed E-state index contributed by atoms with van der Waals surface area (Å²) in [5.41, 5.74) is 2.54. The Kier molecular flexibility index (Phi) is 3.84. The van der Waals surface area contributed by atoms with Gasteiger partial charge in [0.05, 0.1) is 6.04 Å². The van der Waals surface area contributed by atoms with E-state index in [0.717, 1.165) is 29.1 Å². The van der Waals surface area contributed by atoms with Crippen LogP contribution < -0.4 is 5.32 Å². The molecule has 1 saturated heterocycles. The zero-order valence-electron chi connectivity index (χ0n) is 13.5. The van der Waals surface area contributed by atoms with E-state index in [0.29, 0.717) is 24.6 Å². The molecule has 2 fully saturated rings. The summed E-state index contributed by atoms with van der Waals surface area (Å²) in [6.07, 6.45) is 2.61. The number of carbonyl (C=O) groups excluding carboxylic acids is 2. The third-order valence-electron chi connectivity index (χ3n) is 4.47. The molecule has 5 nitrogen and oxygen atoms in total. The number of rotatable bonds is 4. The average molecular weight is 341 g/mol. The lowest BCUT2D eigenvalue weighted by atomic mass is 10.1. The highest BCUT2D eigenvalue weighted by atomic mass is 32.1. The van der Waals surface area contributed by atoms with Crippen LogP contribution in [0.25, 0.3) is 10.6 Å². The Morgan fingerprint density at radius 2 is 2.21 bits per heavy atom. The van der Waals surface area contributed by atoms with Crippen molar-refractivity contribution in [3.8, 4) is 10.6 Å². The number of nitrogens with zero attached hydrogens (tertiary/aromatic N) is 2. The van der Waals surface area contributed by atoms with Gasteiger partial charge >= 0.3 is 0 Å². The van der Waals surface area contributed by atoms with Gasteiger partial charge in [0.25, 0.3) is 5.91 Å². The molecule has 4 rings (SSSR count). The quantitative estimate of drug-likeness (QED) is 0.930. The van der Waals surface area contributed by atoms with Crippen molar-refractivity contribution in [1.29, 1.82) is 0 Å². The normalized spacial score (nSPS) is 20.5. The van der Waals surface area contributed by atoms with E-state index in [9.17, 15) is 9.59 Å². The van der Waals surface area contributed by atoms with Crippen LogP contribution in [0.15, 0.2) is 29.6 Å². The number of benzene rings is 1. The van der Waals surface area contributed by atoms with E-state index in [1.165, 1.54) is 0 Å². The maximum Gasteiger partial charge on any atom is 0.251 e. The van der Waals surface area contributed by atoms with Gasteiger partial charge in [-0.2, -0.15) is 0 Å². The summed E-state index contributed by atoms with van der Waals surface area (Å²) in [5.74, 6) is 0.0374. The number of carbonyl (C=O) groups is 2. The monoisotopic (exact) mass is 341 g/mol. The number of aryl methyl sites for hydroxylation is 1. The van der Waals surface area contributed by atoms with E-state index in [-0.39, 0.29) is 17.9 Å². The Balaban J connectivity index is 1.46. The largest absolute Gasteiger partial charge is 0.347 e. The molecule has 1 aliphatic carbocycles. The van der Waals surface area contributed by atoms with E-state index in [2.05, 4.69) is 10.3 Å². The van der Waals surface area contributed by atoms with Gasteiger partial charge in [0, 0.05) is 41.2 Å². The summed E-state index contributed by atoms with van der Waals surface area (Å²) in [6, 6.07) is 7.82. The van der Waals surface area contributed by atoms with Gasteiger partial charge in [-0.3, -0.25) is 9.59 Å². The van der Waals surface area contributed by atoms with Crippen molar-refractivity contribution in [3.63, 3.8) is 0 Å². The van der Waals surface area contributed by atoms with Gasteiger partial charge in [-0.05, 0) is 31.9 Å². The fourth-order valence-corrected chi connectivity index (χ4v) is 3.91. The number of amides is 2. The highest BCUT2D eigenvalue weighted by molar-refractivity contribution is 7.13. The minimum atomic E-state index is -0.124. The van der Waals surface area contributed by atoms with Gasteiger partial charge in [-0.25, -0.2) is 4.98 Å². The molecule has 2 heterocycles. The van der Waals surface area contributed by atoms with E-state index in [1.807, 2.05) is 35.4 Å². The first-order valence-corrected chi connectivity index (χ1v) is 9.11. The highest BCUT2D eigenvalue weighted by Gasteiger charge is 2.39. The smallest absolute Gasteiger partial charge is 0.251 e. The van der Waals surface area contributed by atoms with Crippen molar-refractivity contribution < 1.29 is 9.59 Å². The first-order chi connectivity index (χ1) is 11.6. The van der Waals surface area contributed by atoms with Crippen molar-refractivity contribution >= 4 is 23.2 Å². The second kappa shape index (κ2) is 6.02. The number of thiazole rings is 1. The lowest BCUT2D eigenvalue weighted by Crippen LogP contribution is -2.37. The Labute approximate surface area is 144 Å². The second-order valence-electron chi connectivity index (χ2n) is 6.53. The van der Waals surface area contributed by atoms with E-state index >= 15 is 0 Å². The van der Waals surface area contributed by atoms with Gasteiger partial charge in [0.15, 0.2) is 0 Å². The molecular formula is C18H19N3O2S. The number of aromatic nitrogens is 1. The van der Waals surface area contributed by atoms with E-state index in [4.69, 9.17) is 0 Å². The zero-order valence-corrected chi connectivity index (χ0v) is 14.3. The van der Waals surface area contributed by atoms with Gasteiger partial charge < -0.3 is 10.2 Å². The molecule has 1 N–H and O–H groups in total. The van der Waals surface area contributed by atoms with E-state index < -0.39 is 0 Å². The Hall–Kier alpha value is -2.21. The maximum atomic E-state index is 12.5. The van der Waals surface area contributed by atoms with Gasteiger partial charge in [-0.1, -0.05) is 12.1 Å². The van der Waals surface area contributed by atoms with Crippen LogP contribution in [0, 0.1) is 6.92 Å². The second-order valence-corrected chi connectivity index (χ2v) is 7.38. The minimum Gasteiger partial charge on any atom is -0.347 e. The number of hydrogen-bond acceptors (Lipinski definition) is 4. The molecule has 124 valence electrons. The first-order valence-electron chi connectivity index (χ1n) is 8.23. The molecule has 0 radical (unpaired) electrons. The summed E-state index contributed by atoms with van der Waals surface area (Å²) in [4.78, 5) is 30.9. The fourth-order valence-electron chi connectivity index (χ4n) is 3.12. The molecule has 1 unspecified atom stereocenters. The van der Waals surface area contributed by atoms with Crippen molar-refractivity contribution in [1.82, 2.24) is 15.2 Å². The fraction of sp³-hybridized carbons (Fsp3) is 0.389. The van der Waals surface area contributed by atoms with Crippen LogP contribution in [0.5, 0.6) is 0 Å².